The fourth-order valence-corrected chi connectivity index (χ4v) is 1.93. The van der Waals surface area contributed by atoms with Crippen LogP contribution in [0, 0.1) is 0 Å². The van der Waals surface area contributed by atoms with Crippen LogP contribution in [0.1, 0.15) is 52.4 Å². The molecule has 0 aliphatic carbocycles. The van der Waals surface area contributed by atoms with Crippen molar-refractivity contribution in [1.82, 2.24) is 0 Å². The van der Waals surface area contributed by atoms with Crippen LogP contribution in [-0.2, 0) is 23.7 Å². The van der Waals surface area contributed by atoms with Crippen LogP contribution in [0.5, 0.6) is 0 Å². The number of carbonyl (C=O) groups excluding carboxylic acids is 1. The molecule has 0 aliphatic rings. The zero-order valence-corrected chi connectivity index (χ0v) is 15.6. The van der Waals surface area contributed by atoms with Gasteiger partial charge in [-0.1, -0.05) is 45.6 Å². The Morgan fingerprint density at radius 1 is 1.00 bits per heavy atom. The largest absolute Gasteiger partial charge is 0.402 e. The van der Waals surface area contributed by atoms with Crippen LogP contribution in [0.2, 0.25) is 0 Å². The minimum atomic E-state index is -2.14. The molecule has 0 radical (unpaired) electrons. The Morgan fingerprint density at radius 3 is 2.28 bits per heavy atom. The summed E-state index contributed by atoms with van der Waals surface area (Å²) in [6.07, 6.45) is 6.44. The number of hydrogen-bond donors (Lipinski definition) is 2. The summed E-state index contributed by atoms with van der Waals surface area (Å²) in [6, 6.07) is 0. The molecule has 7 nitrogen and oxygen atoms in total. The zero-order chi connectivity index (χ0) is 19.0. The zero-order valence-electron chi connectivity index (χ0n) is 15.6. The Hall–Kier alpha value is -0.990. The van der Waals surface area contributed by atoms with Gasteiger partial charge >= 0.3 is 11.9 Å². The van der Waals surface area contributed by atoms with E-state index in [4.69, 9.17) is 24.1 Å². The first-order chi connectivity index (χ1) is 11.9. The predicted molar refractivity (Wildman–Crippen MR) is 93.9 cm³/mol. The summed E-state index contributed by atoms with van der Waals surface area (Å²) in [5, 5.41) is 19.0. The molecule has 25 heavy (non-hydrogen) atoms. The molecule has 0 rings (SSSR count). The van der Waals surface area contributed by atoms with Crippen LogP contribution in [0.4, 0.5) is 0 Å². The summed E-state index contributed by atoms with van der Waals surface area (Å²) >= 11 is 0. The standard InChI is InChI=1S/C18H34O7/c1-4-5-6-7-8-9-11-24-18(21,25-17(20)16(2)3)15-23-14-13-22-12-10-19/h19,21H,2,4-15H2,1,3H3. The SMILES string of the molecule is C=C(C)C(=O)OC(O)(COCCOCCO)OCCCCCCCC. The van der Waals surface area contributed by atoms with Crippen molar-refractivity contribution in [2.45, 2.75) is 58.3 Å². The van der Waals surface area contributed by atoms with Crippen molar-refractivity contribution >= 4 is 5.97 Å². The van der Waals surface area contributed by atoms with E-state index in [9.17, 15) is 9.90 Å². The fourth-order valence-electron chi connectivity index (χ4n) is 1.93. The number of ether oxygens (including phenoxy) is 4. The monoisotopic (exact) mass is 362 g/mol. The Balaban J connectivity index is 4.19. The van der Waals surface area contributed by atoms with Crippen molar-refractivity contribution in [2.24, 2.45) is 0 Å². The maximum Gasteiger partial charge on any atom is 0.351 e. The molecule has 0 spiro atoms. The quantitative estimate of drug-likeness (QED) is 0.177. The fraction of sp³-hybridized carbons (Fsp3) is 0.833. The highest BCUT2D eigenvalue weighted by Gasteiger charge is 2.33. The molecule has 0 aliphatic heterocycles. The molecule has 0 saturated carbocycles. The second kappa shape index (κ2) is 15.3. The van der Waals surface area contributed by atoms with Gasteiger partial charge in [0.2, 0.25) is 0 Å². The molecule has 0 aromatic carbocycles. The number of rotatable bonds is 17. The number of carbonyl (C=O) groups is 1. The molecule has 0 amide bonds. The summed E-state index contributed by atoms with van der Waals surface area (Å²) in [6.45, 7) is 7.63. The van der Waals surface area contributed by atoms with Crippen molar-refractivity contribution in [3.8, 4) is 0 Å². The lowest BCUT2D eigenvalue weighted by molar-refractivity contribution is -0.357. The van der Waals surface area contributed by atoms with Crippen molar-refractivity contribution in [3.05, 3.63) is 12.2 Å². The molecule has 0 fully saturated rings. The molecular formula is C18H34O7. The summed E-state index contributed by atoms with van der Waals surface area (Å²) < 4.78 is 20.6. The molecular weight excluding hydrogens is 328 g/mol. The molecule has 0 aromatic heterocycles. The first kappa shape index (κ1) is 24.0. The van der Waals surface area contributed by atoms with E-state index in [0.29, 0.717) is 0 Å². The molecule has 0 saturated heterocycles. The Morgan fingerprint density at radius 2 is 1.64 bits per heavy atom. The van der Waals surface area contributed by atoms with E-state index in [1.54, 1.807) is 0 Å². The second-order valence-corrected chi connectivity index (χ2v) is 5.89. The van der Waals surface area contributed by atoms with E-state index >= 15 is 0 Å². The van der Waals surface area contributed by atoms with Gasteiger partial charge in [0.25, 0.3) is 0 Å². The third-order valence-corrected chi connectivity index (χ3v) is 3.32. The minimum absolute atomic E-state index is 0.0679. The molecule has 7 heteroatoms. The van der Waals surface area contributed by atoms with Gasteiger partial charge in [-0.3, -0.25) is 0 Å². The van der Waals surface area contributed by atoms with Gasteiger partial charge in [0.05, 0.1) is 33.0 Å². The van der Waals surface area contributed by atoms with E-state index in [2.05, 4.69) is 13.5 Å². The van der Waals surface area contributed by atoms with Crippen molar-refractivity contribution < 1.29 is 34.0 Å². The van der Waals surface area contributed by atoms with Gasteiger partial charge in [0.1, 0.15) is 6.61 Å². The van der Waals surface area contributed by atoms with Gasteiger partial charge in [-0.15, -0.1) is 0 Å². The van der Waals surface area contributed by atoms with Crippen LogP contribution in [0.3, 0.4) is 0 Å². The third kappa shape index (κ3) is 13.9. The highest BCUT2D eigenvalue weighted by atomic mass is 16.8. The van der Waals surface area contributed by atoms with Gasteiger partial charge in [-0.2, -0.15) is 0 Å². The molecule has 0 bridgehead atoms. The Kier molecular flexibility index (Phi) is 14.7. The molecule has 0 aromatic rings. The van der Waals surface area contributed by atoms with E-state index in [1.165, 1.54) is 26.2 Å². The third-order valence-electron chi connectivity index (χ3n) is 3.32. The number of unbranched alkanes of at least 4 members (excludes halogenated alkanes) is 5. The van der Waals surface area contributed by atoms with E-state index in [1.807, 2.05) is 0 Å². The van der Waals surface area contributed by atoms with Gasteiger partial charge in [0, 0.05) is 5.57 Å². The van der Waals surface area contributed by atoms with Crippen LogP contribution >= 0.6 is 0 Å². The second-order valence-electron chi connectivity index (χ2n) is 5.89. The van der Waals surface area contributed by atoms with Crippen LogP contribution < -0.4 is 0 Å². The van der Waals surface area contributed by atoms with Gasteiger partial charge < -0.3 is 29.2 Å². The van der Waals surface area contributed by atoms with Crippen molar-refractivity contribution in [1.29, 1.82) is 0 Å². The Bertz CT molecular complexity index is 359. The van der Waals surface area contributed by atoms with Crippen molar-refractivity contribution in [3.63, 3.8) is 0 Å². The molecule has 2 N–H and O–H groups in total. The lowest BCUT2D eigenvalue weighted by Crippen LogP contribution is -2.43. The van der Waals surface area contributed by atoms with Crippen LogP contribution in [0.25, 0.3) is 0 Å². The van der Waals surface area contributed by atoms with Gasteiger partial charge in [-0.25, -0.2) is 4.79 Å². The smallest absolute Gasteiger partial charge is 0.351 e. The molecule has 1 unspecified atom stereocenters. The van der Waals surface area contributed by atoms with E-state index in [-0.39, 0.29) is 45.2 Å². The normalized spacial score (nSPS) is 13.4. The number of aliphatic hydroxyl groups excluding tert-OH is 1. The first-order valence-electron chi connectivity index (χ1n) is 8.96. The number of hydrogen-bond acceptors (Lipinski definition) is 7. The average Bonchev–Trinajstić information content (AvgIpc) is 2.57. The summed E-state index contributed by atoms with van der Waals surface area (Å²) in [5.74, 6) is -2.89. The van der Waals surface area contributed by atoms with Gasteiger partial charge in [0.15, 0.2) is 0 Å². The average molecular weight is 362 g/mol. The molecule has 148 valence electrons. The minimum Gasteiger partial charge on any atom is -0.402 e. The first-order valence-corrected chi connectivity index (χ1v) is 8.96. The van der Waals surface area contributed by atoms with Crippen LogP contribution in [0.15, 0.2) is 12.2 Å². The highest BCUT2D eigenvalue weighted by molar-refractivity contribution is 5.87. The summed E-state index contributed by atoms with van der Waals surface area (Å²) in [7, 11) is 0. The number of aliphatic hydroxyl groups is 2. The van der Waals surface area contributed by atoms with Gasteiger partial charge in [-0.05, 0) is 13.3 Å². The summed E-state index contributed by atoms with van der Waals surface area (Å²) in [4.78, 5) is 11.7. The maximum absolute atomic E-state index is 11.7. The predicted octanol–water partition coefficient (Wildman–Crippen LogP) is 2.15. The lowest BCUT2D eigenvalue weighted by atomic mass is 10.1. The van der Waals surface area contributed by atoms with E-state index in [0.717, 1.165) is 19.3 Å². The Labute approximate surface area is 150 Å². The van der Waals surface area contributed by atoms with Crippen molar-refractivity contribution in [2.75, 3.05) is 39.6 Å². The summed E-state index contributed by atoms with van der Waals surface area (Å²) in [5.41, 5.74) is 0.160. The molecule has 1 atom stereocenters. The van der Waals surface area contributed by atoms with E-state index < -0.39 is 11.9 Å². The maximum atomic E-state index is 11.7. The lowest BCUT2D eigenvalue weighted by Gasteiger charge is -2.27. The number of esters is 1. The highest BCUT2D eigenvalue weighted by Crippen LogP contribution is 2.15. The molecule has 0 heterocycles. The topological polar surface area (TPSA) is 94.5 Å². The van der Waals surface area contributed by atoms with Crippen LogP contribution in [-0.4, -0.2) is 61.8 Å².